The second-order valence-electron chi connectivity index (χ2n) is 7.96. The highest BCUT2D eigenvalue weighted by Gasteiger charge is 2.08. The number of nitrogens with one attached hydrogen (secondary N) is 3. The summed E-state index contributed by atoms with van der Waals surface area (Å²) in [5.41, 5.74) is 4.91. The Morgan fingerprint density at radius 2 is 1.11 bits per heavy atom. The van der Waals surface area contributed by atoms with Gasteiger partial charge < -0.3 is 16.0 Å². The fraction of sp³-hybridized carbons (Fsp3) is 0.0667. The van der Waals surface area contributed by atoms with Crippen LogP contribution in [0.1, 0.15) is 31.1 Å². The van der Waals surface area contributed by atoms with Gasteiger partial charge in [0.2, 0.25) is 6.41 Å². The van der Waals surface area contributed by atoms with Gasteiger partial charge in [-0.3, -0.25) is 19.2 Å². The van der Waals surface area contributed by atoms with Gasteiger partial charge in [-0.1, -0.05) is 54.6 Å². The van der Waals surface area contributed by atoms with Crippen LogP contribution in [0.25, 0.3) is 11.1 Å². The van der Waals surface area contributed by atoms with Gasteiger partial charge in [0, 0.05) is 40.4 Å². The number of carbonyl (C=O) groups excluding carboxylic acids is 4. The molecular weight excluding hydrogens is 498 g/mol. The van der Waals surface area contributed by atoms with E-state index in [1.54, 1.807) is 36.4 Å². The summed E-state index contributed by atoms with van der Waals surface area (Å²) in [4.78, 5) is 44.9. The normalized spacial score (nSPS) is 9.82. The summed E-state index contributed by atoms with van der Waals surface area (Å²) in [6, 6.07) is 30.6. The van der Waals surface area contributed by atoms with Crippen LogP contribution in [0.5, 0.6) is 0 Å². The van der Waals surface area contributed by atoms with Gasteiger partial charge in [0.25, 0.3) is 11.8 Å². The SMILES string of the molecule is O=CNCCS.O=Cc1ccc(C(=O)Nc2ccc(-c3ccc(C(=O)Nc4ccccc4)cc3)cc2)cc1. The van der Waals surface area contributed by atoms with E-state index in [9.17, 15) is 19.2 Å². The summed E-state index contributed by atoms with van der Waals surface area (Å²) in [6.07, 6.45) is 1.40. The molecule has 0 unspecified atom stereocenters. The summed E-state index contributed by atoms with van der Waals surface area (Å²) in [7, 11) is 0. The number of hydrogen-bond acceptors (Lipinski definition) is 5. The van der Waals surface area contributed by atoms with E-state index in [1.807, 2.05) is 66.7 Å². The number of amides is 3. The molecule has 0 bridgehead atoms. The van der Waals surface area contributed by atoms with Crippen LogP contribution in [-0.4, -0.2) is 36.8 Å². The second-order valence-corrected chi connectivity index (χ2v) is 8.41. The molecule has 0 aliphatic carbocycles. The summed E-state index contributed by atoms with van der Waals surface area (Å²) in [5, 5.41) is 8.15. The maximum Gasteiger partial charge on any atom is 0.255 e. The topological polar surface area (TPSA) is 104 Å². The third kappa shape index (κ3) is 8.46. The Kier molecular flexibility index (Phi) is 10.8. The van der Waals surface area contributed by atoms with Crippen LogP contribution in [-0.2, 0) is 4.79 Å². The maximum atomic E-state index is 12.4. The average Bonchev–Trinajstić information content (AvgIpc) is 2.97. The van der Waals surface area contributed by atoms with Gasteiger partial charge in [0.1, 0.15) is 6.29 Å². The van der Waals surface area contributed by atoms with E-state index in [1.165, 1.54) is 0 Å². The molecule has 0 heterocycles. The van der Waals surface area contributed by atoms with E-state index in [4.69, 9.17) is 0 Å². The summed E-state index contributed by atoms with van der Waals surface area (Å²) in [5.74, 6) is 0.296. The van der Waals surface area contributed by atoms with Crippen LogP contribution >= 0.6 is 12.6 Å². The number of hydrogen-bond donors (Lipinski definition) is 4. The highest BCUT2D eigenvalue weighted by atomic mass is 32.1. The quantitative estimate of drug-likeness (QED) is 0.135. The number of rotatable bonds is 9. The molecule has 3 N–H and O–H groups in total. The molecule has 0 aromatic heterocycles. The van der Waals surface area contributed by atoms with E-state index in [-0.39, 0.29) is 11.8 Å². The van der Waals surface area contributed by atoms with Crippen molar-refractivity contribution in [2.24, 2.45) is 0 Å². The van der Waals surface area contributed by atoms with Crippen molar-refractivity contribution in [3.05, 3.63) is 120 Å². The Morgan fingerprint density at radius 3 is 1.55 bits per heavy atom. The molecule has 192 valence electrons. The lowest BCUT2D eigenvalue weighted by Crippen LogP contribution is -2.12. The van der Waals surface area contributed by atoms with Gasteiger partial charge in [-0.2, -0.15) is 12.6 Å². The van der Waals surface area contributed by atoms with Crippen molar-refractivity contribution < 1.29 is 19.2 Å². The van der Waals surface area contributed by atoms with Crippen molar-refractivity contribution in [1.29, 1.82) is 0 Å². The maximum absolute atomic E-state index is 12.4. The lowest BCUT2D eigenvalue weighted by molar-refractivity contribution is -0.109. The van der Waals surface area contributed by atoms with Crippen molar-refractivity contribution in [1.82, 2.24) is 5.32 Å². The Labute approximate surface area is 226 Å². The molecule has 0 aliphatic rings. The summed E-state index contributed by atoms with van der Waals surface area (Å²) < 4.78 is 0. The second kappa shape index (κ2) is 14.8. The first-order valence-corrected chi connectivity index (χ1v) is 12.4. The zero-order valence-corrected chi connectivity index (χ0v) is 21.4. The van der Waals surface area contributed by atoms with Gasteiger partial charge in [0.15, 0.2) is 0 Å². The molecule has 0 spiro atoms. The summed E-state index contributed by atoms with van der Waals surface area (Å²) in [6.45, 7) is 0.659. The molecule has 0 atom stereocenters. The molecule has 0 aliphatic heterocycles. The van der Waals surface area contributed by atoms with E-state index < -0.39 is 0 Å². The first kappa shape index (κ1) is 27.9. The van der Waals surface area contributed by atoms with Gasteiger partial charge in [-0.05, 0) is 59.7 Å². The molecule has 0 radical (unpaired) electrons. The predicted octanol–water partition coefficient (Wildman–Crippen LogP) is 5.33. The van der Waals surface area contributed by atoms with E-state index in [2.05, 4.69) is 28.6 Å². The van der Waals surface area contributed by atoms with E-state index in [0.29, 0.717) is 41.1 Å². The third-order valence-electron chi connectivity index (χ3n) is 5.30. The van der Waals surface area contributed by atoms with Gasteiger partial charge in [-0.15, -0.1) is 0 Å². The molecule has 4 rings (SSSR count). The fourth-order valence-electron chi connectivity index (χ4n) is 3.32. The lowest BCUT2D eigenvalue weighted by atomic mass is 10.0. The minimum absolute atomic E-state index is 0.165. The number of thiol groups is 1. The number of benzene rings is 4. The smallest absolute Gasteiger partial charge is 0.255 e. The van der Waals surface area contributed by atoms with Gasteiger partial charge in [0.05, 0.1) is 0 Å². The molecule has 4 aromatic rings. The third-order valence-corrected chi connectivity index (χ3v) is 5.53. The van der Waals surface area contributed by atoms with Crippen molar-refractivity contribution in [3.63, 3.8) is 0 Å². The number of para-hydroxylation sites is 1. The van der Waals surface area contributed by atoms with E-state index in [0.717, 1.165) is 23.1 Å². The minimum atomic E-state index is -0.246. The molecule has 7 nitrogen and oxygen atoms in total. The molecule has 8 heteroatoms. The van der Waals surface area contributed by atoms with Crippen molar-refractivity contribution >= 4 is 48.5 Å². The molecule has 0 fully saturated rings. The van der Waals surface area contributed by atoms with Gasteiger partial charge >= 0.3 is 0 Å². The average molecular weight is 526 g/mol. The molecule has 3 amide bonds. The van der Waals surface area contributed by atoms with Crippen LogP contribution < -0.4 is 16.0 Å². The zero-order valence-electron chi connectivity index (χ0n) is 20.5. The Morgan fingerprint density at radius 1 is 0.632 bits per heavy atom. The largest absolute Gasteiger partial charge is 0.358 e. The molecular formula is C30H27N3O4S. The van der Waals surface area contributed by atoms with Crippen molar-refractivity contribution in [3.8, 4) is 11.1 Å². The Bertz CT molecular complexity index is 1340. The van der Waals surface area contributed by atoms with Crippen LogP contribution in [0.3, 0.4) is 0 Å². The number of aldehydes is 1. The Hall–Kier alpha value is -4.69. The van der Waals surface area contributed by atoms with Crippen LogP contribution in [0.2, 0.25) is 0 Å². The number of anilines is 2. The predicted molar refractivity (Wildman–Crippen MR) is 154 cm³/mol. The monoisotopic (exact) mass is 525 g/mol. The standard InChI is InChI=1S/C27H20N2O3.C3H7NOS/c30-18-19-6-8-22(9-7-19)26(31)29-25-16-14-21(15-17-25)20-10-12-23(13-11-20)27(32)28-24-4-2-1-3-5-24;5-3-4-1-2-6/h1-18H,(H,28,32)(H,29,31);3,6H,1-2H2,(H,4,5). The van der Waals surface area contributed by atoms with Crippen LogP contribution in [0.15, 0.2) is 103 Å². The first-order chi connectivity index (χ1) is 18.5. The fourth-order valence-corrected chi connectivity index (χ4v) is 3.45. The lowest BCUT2D eigenvalue weighted by Gasteiger charge is -2.08. The zero-order chi connectivity index (χ0) is 27.2. The minimum Gasteiger partial charge on any atom is -0.358 e. The highest BCUT2D eigenvalue weighted by molar-refractivity contribution is 7.80. The molecule has 4 aromatic carbocycles. The van der Waals surface area contributed by atoms with Crippen molar-refractivity contribution in [2.45, 2.75) is 0 Å². The van der Waals surface area contributed by atoms with Gasteiger partial charge in [-0.25, -0.2) is 0 Å². The van der Waals surface area contributed by atoms with Crippen LogP contribution in [0, 0.1) is 0 Å². The summed E-state index contributed by atoms with van der Waals surface area (Å²) >= 11 is 3.83. The Balaban J connectivity index is 0.000000599. The van der Waals surface area contributed by atoms with Crippen molar-refractivity contribution in [2.75, 3.05) is 22.9 Å². The first-order valence-electron chi connectivity index (χ1n) is 11.8. The molecule has 0 saturated carbocycles. The van der Waals surface area contributed by atoms with Crippen LogP contribution in [0.4, 0.5) is 11.4 Å². The highest BCUT2D eigenvalue weighted by Crippen LogP contribution is 2.23. The number of carbonyl (C=O) groups is 4. The van der Waals surface area contributed by atoms with E-state index >= 15 is 0 Å². The molecule has 38 heavy (non-hydrogen) atoms. The molecule has 0 saturated heterocycles.